The highest BCUT2D eigenvalue weighted by molar-refractivity contribution is 9.10. The molecule has 2 aromatic heterocycles. The molecule has 2 aromatic carbocycles. The van der Waals surface area contributed by atoms with Crippen molar-refractivity contribution in [2.75, 3.05) is 0 Å². The highest BCUT2D eigenvalue weighted by Crippen LogP contribution is 2.31. The molecule has 4 aromatic rings. The van der Waals surface area contributed by atoms with Crippen LogP contribution in [0.5, 0.6) is 0 Å². The van der Waals surface area contributed by atoms with Crippen molar-refractivity contribution in [1.82, 2.24) is 4.98 Å². The van der Waals surface area contributed by atoms with Gasteiger partial charge in [0.05, 0.1) is 5.69 Å². The van der Waals surface area contributed by atoms with Crippen molar-refractivity contribution in [2.24, 2.45) is 0 Å². The molecule has 0 saturated heterocycles. The van der Waals surface area contributed by atoms with Crippen LogP contribution in [0, 0.1) is 0 Å². The summed E-state index contributed by atoms with van der Waals surface area (Å²) in [5.41, 5.74) is 3.88. The van der Waals surface area contributed by atoms with E-state index in [1.54, 1.807) is 0 Å². The average Bonchev–Trinajstić information content (AvgIpc) is 3.22. The molecule has 4 rings (SSSR count). The first-order valence-corrected chi connectivity index (χ1v) is 12.5. The molecule has 37 heavy (non-hydrogen) atoms. The van der Waals surface area contributed by atoms with E-state index in [0.717, 1.165) is 37.7 Å². The van der Waals surface area contributed by atoms with E-state index in [9.17, 15) is 0 Å². The zero-order valence-electron chi connectivity index (χ0n) is 20.3. The van der Waals surface area contributed by atoms with Crippen molar-refractivity contribution in [2.45, 2.75) is 0 Å². The number of para-hydroxylation sites is 1. The van der Waals surface area contributed by atoms with Crippen LogP contribution in [0.3, 0.4) is 0 Å². The number of nitrogens with zero attached hydrogens (tertiary/aromatic N) is 1. The Morgan fingerprint density at radius 2 is 1.32 bits per heavy atom. The van der Waals surface area contributed by atoms with Gasteiger partial charge in [0.25, 0.3) is 0 Å². The van der Waals surface area contributed by atoms with Crippen LogP contribution in [0.4, 0.5) is 0 Å². The van der Waals surface area contributed by atoms with E-state index in [1.807, 2.05) is 48.7 Å². The molecule has 0 saturated carbocycles. The van der Waals surface area contributed by atoms with Gasteiger partial charge in [-0.1, -0.05) is 18.2 Å². The van der Waals surface area contributed by atoms with Gasteiger partial charge < -0.3 is 4.42 Å². The smallest absolute Gasteiger partial charge is 0.135 e. The summed E-state index contributed by atoms with van der Waals surface area (Å²) in [5.74, 6) is 0. The Hall–Kier alpha value is -1.03. The molecule has 0 aliphatic heterocycles. The van der Waals surface area contributed by atoms with Gasteiger partial charge in [0, 0.05) is 148 Å². The first-order valence-electron chi connectivity index (χ1n) is 11.7. The number of rotatable bonds is 8. The van der Waals surface area contributed by atoms with Gasteiger partial charge in [0.15, 0.2) is 0 Å². The Balaban J connectivity index is 0.000000210. The second-order valence-electron chi connectivity index (χ2n) is 8.90. The van der Waals surface area contributed by atoms with Gasteiger partial charge in [-0.3, -0.25) is 4.98 Å². The fourth-order valence-corrected chi connectivity index (χ4v) is 4.72. The van der Waals surface area contributed by atoms with E-state index in [0.29, 0.717) is 0 Å². The minimum Gasteiger partial charge on any atom is -0.456 e. The number of pyridine rings is 1. The zero-order valence-corrected chi connectivity index (χ0v) is 21.9. The maximum Gasteiger partial charge on any atom is 0.135 e. The first kappa shape index (κ1) is 30.5. The molecular formula is C17H10B17BrNO. The normalized spacial score (nSPS) is 10.2. The topological polar surface area (TPSA) is 26.0 Å². The van der Waals surface area contributed by atoms with Crippen molar-refractivity contribution in [3.05, 3.63) is 65.3 Å². The monoisotopic (exact) mass is 510 g/mol. The molecule has 19 radical (unpaired) electrons. The van der Waals surface area contributed by atoms with E-state index >= 15 is 0 Å². The van der Waals surface area contributed by atoms with Gasteiger partial charge in [-0.25, -0.2) is 0 Å². The Labute approximate surface area is 244 Å². The Morgan fingerprint density at radius 3 is 1.86 bits per heavy atom. The molecule has 0 bridgehead atoms. The largest absolute Gasteiger partial charge is 0.456 e. The van der Waals surface area contributed by atoms with Crippen LogP contribution in [0.25, 0.3) is 33.2 Å². The Bertz CT molecular complexity index is 1280. The van der Waals surface area contributed by atoms with Gasteiger partial charge in [-0.05, 0) is 52.3 Å². The van der Waals surface area contributed by atoms with Crippen LogP contribution in [0.1, 0.15) is 0 Å². The van der Waals surface area contributed by atoms with E-state index in [2.05, 4.69) is 33.0 Å². The number of aromatic nitrogens is 1. The SMILES string of the molecule is Brc1ccc(-c2ccc3oc4ccccc4c3c2)nc1.[B][B]B(B([B])[B])B(B([B])[B])B(B([B])[B])B([B])[B]. The van der Waals surface area contributed by atoms with Crippen LogP contribution >= 0.6 is 15.9 Å². The van der Waals surface area contributed by atoms with E-state index in [-0.39, 0.29) is 0 Å². The summed E-state index contributed by atoms with van der Waals surface area (Å²) < 4.78 is 6.82. The lowest BCUT2D eigenvalue weighted by atomic mass is 8.43. The maximum atomic E-state index is 5.83. The summed E-state index contributed by atoms with van der Waals surface area (Å²) in [6, 6.07) is 18.3. The fraction of sp³-hybridized carbons (Fsp3) is 0. The lowest BCUT2D eigenvalue weighted by Gasteiger charge is -2.38. The van der Waals surface area contributed by atoms with Crippen LogP contribution in [0.2, 0.25) is 0 Å². The van der Waals surface area contributed by atoms with Crippen molar-refractivity contribution in [1.29, 1.82) is 0 Å². The molecule has 0 spiro atoms. The first-order chi connectivity index (χ1) is 17.5. The molecular weight excluding hydrogens is 498 g/mol. The van der Waals surface area contributed by atoms with E-state index in [4.69, 9.17) is 74.1 Å². The van der Waals surface area contributed by atoms with Crippen molar-refractivity contribution in [3.63, 3.8) is 0 Å². The van der Waals surface area contributed by atoms with Crippen LogP contribution in [0.15, 0.2) is 69.7 Å². The van der Waals surface area contributed by atoms with Crippen LogP contribution in [-0.2, 0) is 0 Å². The molecule has 0 aliphatic rings. The zero-order chi connectivity index (χ0) is 27.3. The highest BCUT2D eigenvalue weighted by atomic mass is 79.9. The minimum atomic E-state index is -0.796. The molecule has 2 heterocycles. The molecule has 0 unspecified atom stereocenters. The third-order valence-corrected chi connectivity index (χ3v) is 6.76. The van der Waals surface area contributed by atoms with Crippen molar-refractivity contribution < 1.29 is 4.42 Å². The standard InChI is InChI=1S/C17H10BrNO.B17/c18-12-6-7-15(19-10-12)11-5-8-17-14(9-11)13-3-1-2-4-16(13)20-17;1-10-15(11(2)3)17(14(8)9)16(12(4)5)13(6)7/h1-10H;. The number of benzene rings is 2. The number of halogens is 1. The molecule has 20 heteroatoms. The van der Waals surface area contributed by atoms with Gasteiger partial charge in [0.2, 0.25) is 0 Å². The Morgan fingerprint density at radius 1 is 0.703 bits per heavy atom. The second-order valence-corrected chi connectivity index (χ2v) is 9.82. The number of fused-ring (bicyclic) bond motifs is 3. The summed E-state index contributed by atoms with van der Waals surface area (Å²) in [6.45, 7) is 0. The fourth-order valence-electron chi connectivity index (χ4n) is 4.48. The van der Waals surface area contributed by atoms with Gasteiger partial charge in [0.1, 0.15) is 11.2 Å². The van der Waals surface area contributed by atoms with E-state index in [1.165, 1.54) is 7.06 Å². The predicted octanol–water partition coefficient (Wildman–Crippen LogP) is -1.06. The highest BCUT2D eigenvalue weighted by Gasteiger charge is 2.39. The summed E-state index contributed by atoms with van der Waals surface area (Å²) >= 11 is 3.41. The third kappa shape index (κ3) is 7.55. The van der Waals surface area contributed by atoms with Gasteiger partial charge in [-0.15, -0.1) is 0 Å². The molecule has 0 N–H and O–H groups in total. The molecule has 0 aliphatic carbocycles. The van der Waals surface area contributed by atoms with Gasteiger partial charge >= 0.3 is 0 Å². The minimum absolute atomic E-state index is 0.482. The van der Waals surface area contributed by atoms with Gasteiger partial charge in [-0.2, -0.15) is 0 Å². The van der Waals surface area contributed by atoms with Crippen molar-refractivity contribution in [3.8, 4) is 11.3 Å². The van der Waals surface area contributed by atoms with Crippen LogP contribution in [-0.4, -0.2) is 126 Å². The second kappa shape index (κ2) is 13.9. The lowest BCUT2D eigenvalue weighted by molar-refractivity contribution is 0.669. The Kier molecular flexibility index (Phi) is 11.4. The number of hydrogen-bond donors (Lipinski definition) is 0. The summed E-state index contributed by atoms with van der Waals surface area (Å²) in [4.78, 5) is 4.44. The molecule has 147 valence electrons. The average molecular weight is 508 g/mol. The van der Waals surface area contributed by atoms with E-state index < -0.39 is 44.7 Å². The molecule has 0 fully saturated rings. The van der Waals surface area contributed by atoms with Crippen LogP contribution < -0.4 is 0 Å². The summed E-state index contributed by atoms with van der Waals surface area (Å²) in [5, 5.41) is 2.27. The number of furan rings is 1. The lowest BCUT2D eigenvalue weighted by Crippen LogP contribution is -2.76. The van der Waals surface area contributed by atoms with Crippen molar-refractivity contribution >= 4 is 159 Å². The number of hydrogen-bond acceptors (Lipinski definition) is 2. The molecule has 0 atom stereocenters. The quantitative estimate of drug-likeness (QED) is 0.284. The summed E-state index contributed by atoms with van der Waals surface area (Å²) in [6.07, 6.45) is -2.85. The maximum absolute atomic E-state index is 5.83. The predicted molar refractivity (Wildman–Crippen MR) is 182 cm³/mol. The molecule has 2 nitrogen and oxygen atoms in total. The summed E-state index contributed by atoms with van der Waals surface area (Å²) in [7, 11) is 52.0. The third-order valence-electron chi connectivity index (χ3n) is 6.29. The molecule has 0 amide bonds.